The zero-order valence-corrected chi connectivity index (χ0v) is 26.2. The molecule has 2 aromatic carbocycles. The second-order valence-electron chi connectivity index (χ2n) is 11.7. The third-order valence-corrected chi connectivity index (χ3v) is 6.00. The molecule has 4 nitrogen and oxygen atoms in total. The smallest absolute Gasteiger partial charge is 0.155 e. The molecule has 2 heterocycles. The molecule has 0 fully saturated rings. The van der Waals surface area contributed by atoms with Gasteiger partial charge in [-0.05, 0) is 42.0 Å². The number of rotatable bonds is 3. The summed E-state index contributed by atoms with van der Waals surface area (Å²) in [6, 6.07) is 20.7. The van der Waals surface area contributed by atoms with Gasteiger partial charge in [-0.1, -0.05) is 78.8 Å². The van der Waals surface area contributed by atoms with Crippen LogP contribution in [0.1, 0.15) is 72.1 Å². The normalized spacial score (nSPS) is 12.0. The number of allylic oxidation sites excluding steroid dienone is 2. The molecule has 4 aromatic rings. The molecule has 0 aliphatic carbocycles. The number of ketones is 1. The average molecular weight is 689 g/mol. The van der Waals surface area contributed by atoms with Gasteiger partial charge in [0.25, 0.3) is 0 Å². The fourth-order valence-electron chi connectivity index (χ4n) is 3.95. The fourth-order valence-corrected chi connectivity index (χ4v) is 3.95. The second-order valence-corrected chi connectivity index (χ2v) is 11.7. The van der Waals surface area contributed by atoms with Gasteiger partial charge >= 0.3 is 0 Å². The number of aliphatic hydroxyl groups is 1. The van der Waals surface area contributed by atoms with Crippen molar-refractivity contribution in [2.75, 3.05) is 0 Å². The molecular weight excluding hydrogens is 651 g/mol. The monoisotopic (exact) mass is 689 g/mol. The molecular formula is C33H38IrNO3-. The zero-order chi connectivity index (χ0) is 27.5. The summed E-state index contributed by atoms with van der Waals surface area (Å²) in [5, 5.41) is 9.42. The van der Waals surface area contributed by atoms with E-state index in [1.54, 1.807) is 0 Å². The van der Waals surface area contributed by atoms with Crippen LogP contribution in [-0.4, -0.2) is 15.9 Å². The van der Waals surface area contributed by atoms with Crippen LogP contribution in [0.3, 0.4) is 0 Å². The Hall–Kier alpha value is -3.01. The van der Waals surface area contributed by atoms with Crippen LogP contribution in [0.25, 0.3) is 33.6 Å². The number of nitrogens with zero attached hydrogens (tertiary/aromatic N) is 1. The Bertz CT molecular complexity index is 1430. The number of aliphatic hydroxyl groups excluding tert-OH is 1. The number of hydrogen-bond donors (Lipinski definition) is 1. The molecule has 1 N–H and O–H groups in total. The van der Waals surface area contributed by atoms with Gasteiger partial charge in [0.1, 0.15) is 5.76 Å². The largest absolute Gasteiger partial charge is 0.512 e. The van der Waals surface area contributed by atoms with Crippen LogP contribution in [0, 0.1) is 13.0 Å². The summed E-state index contributed by atoms with van der Waals surface area (Å²) in [6.07, 6.45) is 2.99. The van der Waals surface area contributed by atoms with Gasteiger partial charge in [0.05, 0.1) is 12.0 Å². The zero-order valence-electron chi connectivity index (χ0n) is 23.8. The van der Waals surface area contributed by atoms with E-state index in [0.29, 0.717) is 0 Å². The Balaban J connectivity index is 0.000000561. The summed E-state index contributed by atoms with van der Waals surface area (Å²) in [6.45, 7) is 18.3. The van der Waals surface area contributed by atoms with Crippen molar-refractivity contribution in [3.05, 3.63) is 89.3 Å². The van der Waals surface area contributed by atoms with Gasteiger partial charge in [-0.3, -0.25) is 4.79 Å². The topological polar surface area (TPSA) is 63.3 Å². The van der Waals surface area contributed by atoms with Crippen LogP contribution < -0.4 is 0 Å². The summed E-state index contributed by atoms with van der Waals surface area (Å²) in [5.74, 6) is 0.806. The number of pyridine rings is 1. The Morgan fingerprint density at radius 1 is 0.921 bits per heavy atom. The number of benzene rings is 2. The van der Waals surface area contributed by atoms with E-state index in [1.165, 1.54) is 31.1 Å². The minimum Gasteiger partial charge on any atom is -0.512 e. The summed E-state index contributed by atoms with van der Waals surface area (Å²) < 4.78 is 6.10. The Labute approximate surface area is 240 Å². The van der Waals surface area contributed by atoms with Crippen molar-refractivity contribution < 1.29 is 34.4 Å². The van der Waals surface area contributed by atoms with E-state index in [2.05, 4.69) is 108 Å². The first-order valence-corrected chi connectivity index (χ1v) is 12.6. The van der Waals surface area contributed by atoms with E-state index >= 15 is 0 Å². The predicted molar refractivity (Wildman–Crippen MR) is 153 cm³/mol. The molecule has 0 saturated heterocycles. The first-order valence-electron chi connectivity index (χ1n) is 12.6. The minimum absolute atomic E-state index is 0. The van der Waals surface area contributed by atoms with Gasteiger partial charge in [0, 0.05) is 37.1 Å². The van der Waals surface area contributed by atoms with Crippen molar-refractivity contribution in [2.24, 2.45) is 0 Å². The van der Waals surface area contributed by atoms with Crippen molar-refractivity contribution in [3.63, 3.8) is 0 Å². The van der Waals surface area contributed by atoms with Gasteiger partial charge in [-0.15, -0.1) is 34.9 Å². The van der Waals surface area contributed by atoms with Gasteiger partial charge in [0.2, 0.25) is 0 Å². The Kier molecular flexibility index (Phi) is 10.0. The summed E-state index contributed by atoms with van der Waals surface area (Å²) in [4.78, 5) is 14.7. The van der Waals surface area contributed by atoms with E-state index in [4.69, 9.17) is 9.52 Å². The van der Waals surface area contributed by atoms with Gasteiger partial charge in [0.15, 0.2) is 11.4 Å². The van der Waals surface area contributed by atoms with E-state index in [-0.39, 0.29) is 42.5 Å². The first-order chi connectivity index (χ1) is 17.1. The first kappa shape index (κ1) is 31.2. The van der Waals surface area contributed by atoms with Gasteiger partial charge in [-0.2, -0.15) is 0 Å². The van der Waals surface area contributed by atoms with Gasteiger partial charge < -0.3 is 14.5 Å². The number of aromatic nitrogens is 1. The van der Waals surface area contributed by atoms with Crippen molar-refractivity contribution >= 4 is 16.8 Å². The molecule has 0 bridgehead atoms. The molecule has 1 radical (unpaired) electrons. The molecule has 2 aromatic heterocycles. The van der Waals surface area contributed by atoms with E-state index in [0.717, 1.165) is 39.1 Å². The second kappa shape index (κ2) is 12.2. The number of furan rings is 1. The minimum atomic E-state index is -0.125. The Morgan fingerprint density at radius 2 is 1.53 bits per heavy atom. The van der Waals surface area contributed by atoms with Crippen molar-refractivity contribution in [3.8, 4) is 22.6 Å². The van der Waals surface area contributed by atoms with E-state index in [1.807, 2.05) is 6.20 Å². The van der Waals surface area contributed by atoms with Crippen LogP contribution in [0.15, 0.2) is 71.0 Å². The average Bonchev–Trinajstić information content (AvgIpc) is 3.20. The quantitative estimate of drug-likeness (QED) is 0.133. The standard InChI is InChI=1S/C28H30NO.C5H8O2.Ir/c1-18-12-20(14-23(13-18)28(5,6)7)24-15-21-16-25(30-26(21)17-29-24)19-8-10-22(11-9-19)27(2,3)4;1-4(6)3-5(2)7;/h8-11,13-17H,1-7H3;3,6H,1-2H3;/q-1;;/b;4-3-;. The van der Waals surface area contributed by atoms with Crippen LogP contribution in [0.5, 0.6) is 0 Å². The molecule has 0 aliphatic heterocycles. The third kappa shape index (κ3) is 8.24. The summed E-state index contributed by atoms with van der Waals surface area (Å²) >= 11 is 0. The molecule has 38 heavy (non-hydrogen) atoms. The van der Waals surface area contributed by atoms with Crippen LogP contribution >= 0.6 is 0 Å². The SMILES string of the molecule is CC(=O)/C=C(/C)O.Cc1[c-]c(-c2cc3cc(-c4ccc(C(C)(C)C)cc4)oc3cn2)cc(C(C)(C)C)c1.[Ir]. The molecule has 0 unspecified atom stereocenters. The van der Waals surface area contributed by atoms with Crippen molar-refractivity contribution in [2.45, 2.75) is 73.1 Å². The molecule has 4 rings (SSSR count). The molecule has 0 aliphatic rings. The van der Waals surface area contributed by atoms with Crippen LogP contribution in [0.4, 0.5) is 0 Å². The van der Waals surface area contributed by atoms with Crippen LogP contribution in [0.2, 0.25) is 0 Å². The molecule has 0 saturated carbocycles. The number of aryl methyl sites for hydroxylation is 1. The van der Waals surface area contributed by atoms with Gasteiger partial charge in [-0.25, -0.2) is 0 Å². The predicted octanol–water partition coefficient (Wildman–Crippen LogP) is 8.90. The Morgan fingerprint density at radius 3 is 2.03 bits per heavy atom. The van der Waals surface area contributed by atoms with Crippen LogP contribution in [-0.2, 0) is 35.7 Å². The van der Waals surface area contributed by atoms with E-state index in [9.17, 15) is 4.79 Å². The van der Waals surface area contributed by atoms with E-state index < -0.39 is 0 Å². The molecule has 203 valence electrons. The number of carbonyl (C=O) groups excluding carboxylic acids is 1. The van der Waals surface area contributed by atoms with Crippen molar-refractivity contribution in [1.29, 1.82) is 0 Å². The maximum Gasteiger partial charge on any atom is 0.155 e. The maximum atomic E-state index is 10.0. The summed E-state index contributed by atoms with van der Waals surface area (Å²) in [7, 11) is 0. The number of hydrogen-bond acceptors (Lipinski definition) is 4. The third-order valence-electron chi connectivity index (χ3n) is 6.00. The molecule has 0 spiro atoms. The fraction of sp³-hybridized carbons (Fsp3) is 0.333. The molecule has 0 atom stereocenters. The van der Waals surface area contributed by atoms with Crippen molar-refractivity contribution in [1.82, 2.24) is 4.98 Å². The molecule has 0 amide bonds. The number of fused-ring (bicyclic) bond motifs is 1. The number of carbonyl (C=O) groups is 1. The molecule has 5 heteroatoms. The summed E-state index contributed by atoms with van der Waals surface area (Å²) in [5.41, 5.74) is 7.80. The maximum absolute atomic E-state index is 10.0.